The van der Waals surface area contributed by atoms with Crippen molar-refractivity contribution in [2.75, 3.05) is 12.4 Å². The van der Waals surface area contributed by atoms with E-state index in [4.69, 9.17) is 23.2 Å². The van der Waals surface area contributed by atoms with E-state index in [9.17, 15) is 5.11 Å². The number of halogens is 2. The molecule has 0 saturated carbocycles. The van der Waals surface area contributed by atoms with E-state index in [1.807, 2.05) is 0 Å². The predicted molar refractivity (Wildman–Crippen MR) is 47.7 cm³/mol. The predicted octanol–water partition coefficient (Wildman–Crippen LogP) is 2.74. The Kier molecular flexibility index (Phi) is 2.47. The molecule has 0 spiro atoms. The van der Waals surface area contributed by atoms with Gasteiger partial charge in [-0.15, -0.1) is 0 Å². The fourth-order valence-electron chi connectivity index (χ4n) is 0.757. The van der Waals surface area contributed by atoms with Gasteiger partial charge < -0.3 is 10.4 Å². The quantitative estimate of drug-likeness (QED) is 0.670. The molecule has 2 N–H and O–H groups in total. The molecule has 2 nitrogen and oxygen atoms in total. The topological polar surface area (TPSA) is 32.3 Å². The standard InChI is InChI=1S/C7H7Cl2NO/c1-10-6-3-4(8)2-5(9)7(6)11/h2-3,10-11H,1H3. The third-order valence-electron chi connectivity index (χ3n) is 1.30. The van der Waals surface area contributed by atoms with E-state index in [0.29, 0.717) is 10.7 Å². The first-order valence-electron chi connectivity index (χ1n) is 3.01. The Balaban J connectivity index is 3.24. The lowest BCUT2D eigenvalue weighted by molar-refractivity contribution is 0.478. The van der Waals surface area contributed by atoms with Crippen LogP contribution in [0.15, 0.2) is 12.1 Å². The largest absolute Gasteiger partial charge is 0.504 e. The molecule has 4 heteroatoms. The normalized spacial score (nSPS) is 9.73. The van der Waals surface area contributed by atoms with Gasteiger partial charge in [-0.05, 0) is 12.1 Å². The fraction of sp³-hybridized carbons (Fsp3) is 0.143. The van der Waals surface area contributed by atoms with Gasteiger partial charge in [0.05, 0.1) is 10.7 Å². The Morgan fingerprint density at radius 3 is 2.55 bits per heavy atom. The molecule has 1 aromatic rings. The van der Waals surface area contributed by atoms with Gasteiger partial charge in [0.15, 0.2) is 5.75 Å². The Morgan fingerprint density at radius 2 is 2.00 bits per heavy atom. The smallest absolute Gasteiger partial charge is 0.157 e. The van der Waals surface area contributed by atoms with Gasteiger partial charge in [0.2, 0.25) is 0 Å². The molecule has 11 heavy (non-hydrogen) atoms. The number of phenols is 1. The molecular weight excluding hydrogens is 185 g/mol. The van der Waals surface area contributed by atoms with E-state index in [0.717, 1.165) is 0 Å². The third kappa shape index (κ3) is 1.70. The zero-order chi connectivity index (χ0) is 8.43. The maximum atomic E-state index is 9.27. The average molecular weight is 192 g/mol. The number of nitrogens with one attached hydrogen (secondary N) is 1. The highest BCUT2D eigenvalue weighted by Gasteiger charge is 2.04. The van der Waals surface area contributed by atoms with Crippen LogP contribution in [0, 0.1) is 0 Å². The van der Waals surface area contributed by atoms with Crippen LogP contribution in [0.25, 0.3) is 0 Å². The van der Waals surface area contributed by atoms with Gasteiger partial charge in [-0.2, -0.15) is 0 Å². The molecule has 60 valence electrons. The molecule has 1 rings (SSSR count). The van der Waals surface area contributed by atoms with Crippen LogP contribution in [0.1, 0.15) is 0 Å². The van der Waals surface area contributed by atoms with Crippen LogP contribution in [-0.2, 0) is 0 Å². The summed E-state index contributed by atoms with van der Waals surface area (Å²) in [6.45, 7) is 0. The van der Waals surface area contributed by atoms with Crippen molar-refractivity contribution in [2.24, 2.45) is 0 Å². The van der Waals surface area contributed by atoms with E-state index in [1.54, 1.807) is 13.1 Å². The molecule has 0 unspecified atom stereocenters. The van der Waals surface area contributed by atoms with Crippen LogP contribution in [-0.4, -0.2) is 12.2 Å². The zero-order valence-electron chi connectivity index (χ0n) is 5.86. The molecule has 0 aliphatic rings. The van der Waals surface area contributed by atoms with Crippen LogP contribution in [0.3, 0.4) is 0 Å². The van der Waals surface area contributed by atoms with Crippen molar-refractivity contribution in [3.05, 3.63) is 22.2 Å². The molecule has 0 radical (unpaired) electrons. The maximum Gasteiger partial charge on any atom is 0.157 e. The van der Waals surface area contributed by atoms with Crippen molar-refractivity contribution in [3.63, 3.8) is 0 Å². The molecule has 0 atom stereocenters. The molecule has 0 aromatic heterocycles. The second-order valence-corrected chi connectivity index (χ2v) is 2.88. The highest BCUT2D eigenvalue weighted by Crippen LogP contribution is 2.34. The number of hydrogen-bond donors (Lipinski definition) is 2. The minimum Gasteiger partial charge on any atom is -0.504 e. The maximum absolute atomic E-state index is 9.27. The number of rotatable bonds is 1. The SMILES string of the molecule is CNc1cc(Cl)cc(Cl)c1O. The van der Waals surface area contributed by atoms with Gasteiger partial charge in [-0.25, -0.2) is 0 Å². The van der Waals surface area contributed by atoms with Crippen molar-refractivity contribution in [3.8, 4) is 5.75 Å². The molecule has 0 fully saturated rings. The summed E-state index contributed by atoms with van der Waals surface area (Å²) in [5.74, 6) is 0.0265. The van der Waals surface area contributed by atoms with Crippen LogP contribution in [0.4, 0.5) is 5.69 Å². The van der Waals surface area contributed by atoms with Gasteiger partial charge in [-0.3, -0.25) is 0 Å². The summed E-state index contributed by atoms with van der Waals surface area (Å²) in [5, 5.41) is 12.8. The Bertz CT molecular complexity index is 275. The highest BCUT2D eigenvalue weighted by atomic mass is 35.5. The molecular formula is C7H7Cl2NO. The summed E-state index contributed by atoms with van der Waals surface area (Å²) in [5.41, 5.74) is 0.530. The second-order valence-electron chi connectivity index (χ2n) is 2.03. The van der Waals surface area contributed by atoms with Crippen molar-refractivity contribution >= 4 is 28.9 Å². The Labute approximate surface area is 74.7 Å². The molecule has 0 heterocycles. The third-order valence-corrected chi connectivity index (χ3v) is 1.80. The first kappa shape index (κ1) is 8.50. The van der Waals surface area contributed by atoms with Crippen molar-refractivity contribution in [1.82, 2.24) is 0 Å². The van der Waals surface area contributed by atoms with E-state index < -0.39 is 0 Å². The van der Waals surface area contributed by atoms with E-state index in [2.05, 4.69) is 5.32 Å². The van der Waals surface area contributed by atoms with Gasteiger partial charge in [0.1, 0.15) is 0 Å². The van der Waals surface area contributed by atoms with Crippen molar-refractivity contribution in [2.45, 2.75) is 0 Å². The van der Waals surface area contributed by atoms with Crippen molar-refractivity contribution in [1.29, 1.82) is 0 Å². The summed E-state index contributed by atoms with van der Waals surface area (Å²) in [6, 6.07) is 3.09. The van der Waals surface area contributed by atoms with Gasteiger partial charge >= 0.3 is 0 Å². The molecule has 0 aliphatic heterocycles. The Hall–Kier alpha value is -0.600. The minimum atomic E-state index is 0.0265. The fourth-order valence-corrected chi connectivity index (χ4v) is 1.25. The summed E-state index contributed by atoms with van der Waals surface area (Å²) in [6.07, 6.45) is 0. The molecule has 0 aliphatic carbocycles. The van der Waals surface area contributed by atoms with Gasteiger partial charge in [0, 0.05) is 12.1 Å². The number of hydrogen-bond acceptors (Lipinski definition) is 2. The molecule has 1 aromatic carbocycles. The second kappa shape index (κ2) is 3.20. The summed E-state index contributed by atoms with van der Waals surface area (Å²) < 4.78 is 0. The summed E-state index contributed by atoms with van der Waals surface area (Å²) >= 11 is 11.3. The lowest BCUT2D eigenvalue weighted by atomic mass is 10.3. The lowest BCUT2D eigenvalue weighted by Gasteiger charge is -2.04. The number of benzene rings is 1. The minimum absolute atomic E-state index is 0.0265. The first-order valence-corrected chi connectivity index (χ1v) is 3.76. The van der Waals surface area contributed by atoms with Crippen LogP contribution in [0.5, 0.6) is 5.75 Å². The molecule has 0 amide bonds. The zero-order valence-corrected chi connectivity index (χ0v) is 7.37. The summed E-state index contributed by atoms with van der Waals surface area (Å²) in [4.78, 5) is 0. The van der Waals surface area contributed by atoms with E-state index in [1.165, 1.54) is 6.07 Å². The van der Waals surface area contributed by atoms with Crippen LogP contribution < -0.4 is 5.32 Å². The van der Waals surface area contributed by atoms with Crippen LogP contribution >= 0.6 is 23.2 Å². The average Bonchev–Trinajstić information content (AvgIpc) is 1.96. The first-order chi connectivity index (χ1) is 5.15. The lowest BCUT2D eigenvalue weighted by Crippen LogP contribution is -1.88. The van der Waals surface area contributed by atoms with E-state index in [-0.39, 0.29) is 10.8 Å². The highest BCUT2D eigenvalue weighted by molar-refractivity contribution is 6.36. The molecule has 0 saturated heterocycles. The monoisotopic (exact) mass is 191 g/mol. The Morgan fingerprint density at radius 1 is 1.36 bits per heavy atom. The van der Waals surface area contributed by atoms with Gasteiger partial charge in [-0.1, -0.05) is 23.2 Å². The summed E-state index contributed by atoms with van der Waals surface area (Å²) in [7, 11) is 1.68. The van der Waals surface area contributed by atoms with E-state index >= 15 is 0 Å². The number of anilines is 1. The van der Waals surface area contributed by atoms with Gasteiger partial charge in [0.25, 0.3) is 0 Å². The van der Waals surface area contributed by atoms with Crippen molar-refractivity contribution < 1.29 is 5.11 Å². The molecule has 0 bridgehead atoms. The number of phenolic OH excluding ortho intramolecular Hbond substituents is 1. The van der Waals surface area contributed by atoms with Crippen LogP contribution in [0.2, 0.25) is 10.0 Å². The number of aromatic hydroxyl groups is 1.